The van der Waals surface area contributed by atoms with Crippen molar-refractivity contribution < 1.29 is 0 Å². The highest BCUT2D eigenvalue weighted by Gasteiger charge is 2.09. The third kappa shape index (κ3) is 3.87. The summed E-state index contributed by atoms with van der Waals surface area (Å²) in [5.74, 6) is 1.06. The zero-order valence-electron chi connectivity index (χ0n) is 12.7. The van der Waals surface area contributed by atoms with E-state index in [2.05, 4.69) is 40.9 Å². The number of hydrogen-bond acceptors (Lipinski definition) is 7. The van der Waals surface area contributed by atoms with Crippen LogP contribution in [0.1, 0.15) is 0 Å². The van der Waals surface area contributed by atoms with Crippen LogP contribution in [-0.4, -0.2) is 4.98 Å². The van der Waals surface area contributed by atoms with E-state index >= 15 is 0 Å². The minimum absolute atomic E-state index is 0.471. The van der Waals surface area contributed by atoms with Gasteiger partial charge in [-0.2, -0.15) is 0 Å². The number of rotatable bonds is 4. The van der Waals surface area contributed by atoms with Crippen LogP contribution >= 0.6 is 25.3 Å². The molecule has 2 aromatic carbocycles. The summed E-state index contributed by atoms with van der Waals surface area (Å²) in [6, 6.07) is 16.8. The summed E-state index contributed by atoms with van der Waals surface area (Å²) in [7, 11) is 0. The van der Waals surface area contributed by atoms with E-state index in [4.69, 9.17) is 11.5 Å². The van der Waals surface area contributed by atoms with Crippen molar-refractivity contribution in [2.24, 2.45) is 0 Å². The number of nitrogen functional groups attached to an aromatic ring is 2. The lowest BCUT2D eigenvalue weighted by molar-refractivity contribution is 1.29. The van der Waals surface area contributed by atoms with Gasteiger partial charge in [-0.15, -0.1) is 25.3 Å². The lowest BCUT2D eigenvalue weighted by Gasteiger charge is -2.14. The highest BCUT2D eigenvalue weighted by atomic mass is 32.1. The zero-order chi connectivity index (χ0) is 17.1. The summed E-state index contributed by atoms with van der Waals surface area (Å²) in [6.07, 6.45) is 0. The van der Waals surface area contributed by atoms with Gasteiger partial charge in [0.1, 0.15) is 0 Å². The van der Waals surface area contributed by atoms with E-state index in [0.29, 0.717) is 23.0 Å². The fraction of sp³-hybridized carbons (Fsp3) is 0. The van der Waals surface area contributed by atoms with Crippen LogP contribution in [0.3, 0.4) is 0 Å². The molecular formula is C17H17N5S2. The summed E-state index contributed by atoms with van der Waals surface area (Å²) >= 11 is 8.54. The molecule has 0 aliphatic heterocycles. The summed E-state index contributed by atoms with van der Waals surface area (Å²) in [4.78, 5) is 6.26. The quantitative estimate of drug-likeness (QED) is 0.393. The Kier molecular flexibility index (Phi) is 4.73. The Hall–Kier alpha value is -2.51. The molecular weight excluding hydrogens is 338 g/mol. The second-order valence-electron chi connectivity index (χ2n) is 5.21. The molecule has 6 N–H and O–H groups in total. The molecule has 0 aliphatic carbocycles. The van der Waals surface area contributed by atoms with E-state index in [-0.39, 0.29) is 0 Å². The summed E-state index contributed by atoms with van der Waals surface area (Å²) in [6.45, 7) is 0. The Labute approximate surface area is 151 Å². The van der Waals surface area contributed by atoms with E-state index in [9.17, 15) is 0 Å². The van der Waals surface area contributed by atoms with Crippen LogP contribution in [0.2, 0.25) is 0 Å². The van der Waals surface area contributed by atoms with E-state index < -0.39 is 0 Å². The minimum Gasteiger partial charge on any atom is -0.396 e. The van der Waals surface area contributed by atoms with Crippen molar-refractivity contribution in [1.29, 1.82) is 0 Å². The van der Waals surface area contributed by atoms with Gasteiger partial charge in [-0.05, 0) is 54.6 Å². The number of nitrogens with two attached hydrogens (primary N) is 2. The fourth-order valence-electron chi connectivity index (χ4n) is 2.11. The van der Waals surface area contributed by atoms with E-state index in [1.807, 2.05) is 48.5 Å². The molecule has 0 atom stereocenters. The minimum atomic E-state index is 0.471. The van der Waals surface area contributed by atoms with Crippen LogP contribution in [0.25, 0.3) is 0 Å². The zero-order valence-corrected chi connectivity index (χ0v) is 14.5. The summed E-state index contributed by atoms with van der Waals surface area (Å²) in [5.41, 5.74) is 14.7. The summed E-state index contributed by atoms with van der Waals surface area (Å²) < 4.78 is 0. The first-order chi connectivity index (χ1) is 11.5. The number of anilines is 6. The van der Waals surface area contributed by atoms with Crippen LogP contribution in [0.5, 0.6) is 0 Å². The molecule has 24 heavy (non-hydrogen) atoms. The van der Waals surface area contributed by atoms with Gasteiger partial charge >= 0.3 is 0 Å². The maximum Gasteiger partial charge on any atom is 0.156 e. The van der Waals surface area contributed by atoms with Gasteiger partial charge in [0.25, 0.3) is 0 Å². The van der Waals surface area contributed by atoms with Crippen molar-refractivity contribution in [2.45, 2.75) is 9.79 Å². The average Bonchev–Trinajstić information content (AvgIpc) is 2.56. The molecule has 0 fully saturated rings. The van der Waals surface area contributed by atoms with Crippen LogP contribution in [0.4, 0.5) is 34.4 Å². The van der Waals surface area contributed by atoms with Crippen LogP contribution in [0, 0.1) is 0 Å². The average molecular weight is 355 g/mol. The Morgan fingerprint density at radius 3 is 1.42 bits per heavy atom. The molecule has 0 spiro atoms. The standard InChI is InChI=1S/C17H17N5S2/c18-14-9-15(19)17(21-11-3-7-13(24)8-4-11)22-16(14)20-10-1-5-12(23)6-2-10/h1-9,23-24H,18-19H2,(H2,20,21,22). The highest BCUT2D eigenvalue weighted by molar-refractivity contribution is 7.80. The Bertz CT molecular complexity index is 779. The molecule has 3 rings (SSSR count). The third-order valence-electron chi connectivity index (χ3n) is 3.34. The van der Waals surface area contributed by atoms with Gasteiger partial charge in [0, 0.05) is 21.2 Å². The van der Waals surface area contributed by atoms with Crippen LogP contribution < -0.4 is 22.1 Å². The second kappa shape index (κ2) is 6.94. The molecule has 0 saturated carbocycles. The first-order valence-electron chi connectivity index (χ1n) is 7.19. The lowest BCUT2D eigenvalue weighted by atomic mass is 10.2. The summed E-state index contributed by atoms with van der Waals surface area (Å²) in [5, 5.41) is 6.37. The van der Waals surface area contributed by atoms with Gasteiger partial charge in [0.15, 0.2) is 11.6 Å². The highest BCUT2D eigenvalue weighted by Crippen LogP contribution is 2.30. The first-order valence-corrected chi connectivity index (χ1v) is 8.09. The van der Waals surface area contributed by atoms with Gasteiger partial charge in [0.05, 0.1) is 11.4 Å². The fourth-order valence-corrected chi connectivity index (χ4v) is 2.41. The van der Waals surface area contributed by atoms with Gasteiger partial charge in [-0.3, -0.25) is 0 Å². The van der Waals surface area contributed by atoms with Gasteiger partial charge in [-0.25, -0.2) is 4.98 Å². The van der Waals surface area contributed by atoms with Crippen LogP contribution in [0.15, 0.2) is 64.4 Å². The number of aromatic nitrogens is 1. The molecule has 0 unspecified atom stereocenters. The molecule has 0 saturated heterocycles. The molecule has 0 radical (unpaired) electrons. The molecule has 7 heteroatoms. The van der Waals surface area contributed by atoms with E-state index in [0.717, 1.165) is 21.2 Å². The van der Waals surface area contributed by atoms with Crippen molar-refractivity contribution >= 4 is 59.6 Å². The molecule has 122 valence electrons. The number of hydrogen-bond donors (Lipinski definition) is 6. The van der Waals surface area contributed by atoms with E-state index in [1.54, 1.807) is 6.07 Å². The van der Waals surface area contributed by atoms with Crippen molar-refractivity contribution in [3.05, 3.63) is 54.6 Å². The van der Waals surface area contributed by atoms with Gasteiger partial charge in [0.2, 0.25) is 0 Å². The van der Waals surface area contributed by atoms with Crippen molar-refractivity contribution in [2.75, 3.05) is 22.1 Å². The van der Waals surface area contributed by atoms with Crippen molar-refractivity contribution in [1.82, 2.24) is 4.98 Å². The maximum atomic E-state index is 6.02. The lowest BCUT2D eigenvalue weighted by Crippen LogP contribution is -2.05. The van der Waals surface area contributed by atoms with E-state index in [1.165, 1.54) is 0 Å². The molecule has 1 heterocycles. The Morgan fingerprint density at radius 2 is 1.04 bits per heavy atom. The number of thiol groups is 2. The third-order valence-corrected chi connectivity index (χ3v) is 3.94. The Balaban J connectivity index is 1.87. The smallest absolute Gasteiger partial charge is 0.156 e. The monoisotopic (exact) mass is 355 g/mol. The molecule has 5 nitrogen and oxygen atoms in total. The van der Waals surface area contributed by atoms with Gasteiger partial charge in [-0.1, -0.05) is 0 Å². The predicted octanol–water partition coefficient (Wildman–Crippen LogP) is 4.31. The normalized spacial score (nSPS) is 10.4. The number of pyridine rings is 1. The van der Waals surface area contributed by atoms with Crippen molar-refractivity contribution in [3.63, 3.8) is 0 Å². The number of nitrogens with one attached hydrogen (secondary N) is 2. The molecule has 0 aliphatic rings. The molecule has 0 amide bonds. The SMILES string of the molecule is Nc1cc(N)c(Nc2ccc(S)cc2)nc1Nc1ccc(S)cc1. The number of nitrogens with zero attached hydrogens (tertiary/aromatic N) is 1. The molecule has 1 aromatic heterocycles. The van der Waals surface area contributed by atoms with Gasteiger partial charge < -0.3 is 22.1 Å². The van der Waals surface area contributed by atoms with Crippen LogP contribution in [-0.2, 0) is 0 Å². The maximum absolute atomic E-state index is 6.02. The first kappa shape index (κ1) is 16.4. The molecule has 3 aromatic rings. The second-order valence-corrected chi connectivity index (χ2v) is 6.24. The van der Waals surface area contributed by atoms with Crippen molar-refractivity contribution in [3.8, 4) is 0 Å². The Morgan fingerprint density at radius 1 is 0.667 bits per heavy atom. The predicted molar refractivity (Wildman–Crippen MR) is 107 cm³/mol. The largest absolute Gasteiger partial charge is 0.396 e. The number of benzene rings is 2. The topological polar surface area (TPSA) is 89.0 Å². The molecule has 0 bridgehead atoms.